The molecule has 0 spiro atoms. The molecule has 0 aliphatic carbocycles. The highest BCUT2D eigenvalue weighted by molar-refractivity contribution is 5.68. The molecule has 0 aliphatic rings. The number of aromatic nitrogens is 1. The second-order valence-electron chi connectivity index (χ2n) is 4.13. The number of anilines is 2. The SMILES string of the molecule is Nc1ccc(-c2cccc(N)c2)cc1.c1cc[nH]c1. The zero-order chi connectivity index (χ0) is 13.5. The van der Waals surface area contributed by atoms with Crippen LogP contribution >= 0.6 is 0 Å². The van der Waals surface area contributed by atoms with Crippen LogP contribution in [0.15, 0.2) is 73.1 Å². The van der Waals surface area contributed by atoms with Gasteiger partial charge in [0.05, 0.1) is 0 Å². The number of nitrogen functional groups attached to an aromatic ring is 2. The van der Waals surface area contributed by atoms with Gasteiger partial charge in [0.2, 0.25) is 0 Å². The molecule has 0 fully saturated rings. The van der Waals surface area contributed by atoms with E-state index in [-0.39, 0.29) is 0 Å². The lowest BCUT2D eigenvalue weighted by Crippen LogP contribution is -1.86. The molecule has 3 aromatic rings. The number of hydrogen-bond donors (Lipinski definition) is 3. The summed E-state index contributed by atoms with van der Waals surface area (Å²) in [6, 6.07) is 19.4. The summed E-state index contributed by atoms with van der Waals surface area (Å²) in [5, 5.41) is 0. The van der Waals surface area contributed by atoms with Crippen molar-refractivity contribution in [1.29, 1.82) is 0 Å². The van der Waals surface area contributed by atoms with Gasteiger partial charge in [0.1, 0.15) is 0 Å². The molecule has 19 heavy (non-hydrogen) atoms. The number of benzene rings is 2. The van der Waals surface area contributed by atoms with Crippen molar-refractivity contribution in [3.8, 4) is 11.1 Å². The summed E-state index contributed by atoms with van der Waals surface area (Å²) in [4.78, 5) is 2.86. The van der Waals surface area contributed by atoms with E-state index in [1.807, 2.05) is 73.1 Å². The quantitative estimate of drug-likeness (QED) is 0.579. The Hall–Kier alpha value is -2.68. The lowest BCUT2D eigenvalue weighted by atomic mass is 10.1. The van der Waals surface area contributed by atoms with Crippen molar-refractivity contribution >= 4 is 11.4 Å². The number of aromatic amines is 1. The van der Waals surface area contributed by atoms with Gasteiger partial charge in [0.25, 0.3) is 0 Å². The second kappa shape index (κ2) is 6.31. The van der Waals surface area contributed by atoms with E-state index in [9.17, 15) is 0 Å². The van der Waals surface area contributed by atoms with Crippen LogP contribution in [-0.4, -0.2) is 4.98 Å². The fourth-order valence-corrected chi connectivity index (χ4v) is 1.67. The zero-order valence-electron chi connectivity index (χ0n) is 10.6. The van der Waals surface area contributed by atoms with Crippen LogP contribution in [-0.2, 0) is 0 Å². The van der Waals surface area contributed by atoms with Crippen LogP contribution < -0.4 is 11.5 Å². The van der Waals surface area contributed by atoms with E-state index < -0.39 is 0 Å². The summed E-state index contributed by atoms with van der Waals surface area (Å²) in [6.07, 6.45) is 3.75. The van der Waals surface area contributed by atoms with Crippen LogP contribution in [0.3, 0.4) is 0 Å². The van der Waals surface area contributed by atoms with E-state index in [4.69, 9.17) is 11.5 Å². The number of nitrogens with one attached hydrogen (secondary N) is 1. The fraction of sp³-hybridized carbons (Fsp3) is 0. The normalized spacial score (nSPS) is 9.47. The van der Waals surface area contributed by atoms with Crippen LogP contribution in [0, 0.1) is 0 Å². The Balaban J connectivity index is 0.000000224. The van der Waals surface area contributed by atoms with Gasteiger partial charge in [-0.3, -0.25) is 0 Å². The van der Waals surface area contributed by atoms with E-state index in [1.54, 1.807) is 0 Å². The van der Waals surface area contributed by atoms with Crippen LogP contribution in [0.4, 0.5) is 11.4 Å². The highest BCUT2D eigenvalue weighted by Gasteiger charge is 1.96. The minimum absolute atomic E-state index is 0.776. The Morgan fingerprint density at radius 2 is 1.32 bits per heavy atom. The van der Waals surface area contributed by atoms with Gasteiger partial charge in [-0.2, -0.15) is 0 Å². The standard InChI is InChI=1S/C12H12N2.C4H5N/c13-11-6-4-9(5-7-11)10-2-1-3-12(14)8-10;1-2-4-5-3-1/h1-8H,13-14H2;1-5H. The van der Waals surface area contributed by atoms with Gasteiger partial charge in [0.15, 0.2) is 0 Å². The van der Waals surface area contributed by atoms with Gasteiger partial charge in [-0.1, -0.05) is 24.3 Å². The Bertz CT molecular complexity index is 581. The molecule has 0 amide bonds. The third-order valence-corrected chi connectivity index (χ3v) is 2.63. The maximum Gasteiger partial charge on any atom is 0.0320 e. The third kappa shape index (κ3) is 3.92. The van der Waals surface area contributed by atoms with Crippen LogP contribution in [0.2, 0.25) is 0 Å². The monoisotopic (exact) mass is 251 g/mol. The summed E-state index contributed by atoms with van der Waals surface area (Å²) < 4.78 is 0. The molecule has 3 nitrogen and oxygen atoms in total. The van der Waals surface area contributed by atoms with Gasteiger partial charge < -0.3 is 16.5 Å². The highest BCUT2D eigenvalue weighted by atomic mass is 14.6. The molecular weight excluding hydrogens is 234 g/mol. The highest BCUT2D eigenvalue weighted by Crippen LogP contribution is 2.22. The molecular formula is C16H17N3. The second-order valence-corrected chi connectivity index (χ2v) is 4.13. The number of rotatable bonds is 1. The topological polar surface area (TPSA) is 67.8 Å². The largest absolute Gasteiger partial charge is 0.399 e. The van der Waals surface area contributed by atoms with Gasteiger partial charge in [-0.05, 0) is 47.5 Å². The summed E-state index contributed by atoms with van der Waals surface area (Å²) in [5.41, 5.74) is 15.1. The smallest absolute Gasteiger partial charge is 0.0320 e. The minimum Gasteiger partial charge on any atom is -0.399 e. The van der Waals surface area contributed by atoms with Crippen molar-refractivity contribution in [2.75, 3.05) is 11.5 Å². The summed E-state index contributed by atoms with van der Waals surface area (Å²) in [6.45, 7) is 0. The molecule has 1 heterocycles. The first-order valence-electron chi connectivity index (χ1n) is 6.05. The molecule has 0 saturated heterocycles. The van der Waals surface area contributed by atoms with Crippen molar-refractivity contribution in [3.63, 3.8) is 0 Å². The average Bonchev–Trinajstić information content (AvgIpc) is 2.99. The molecule has 0 atom stereocenters. The van der Waals surface area contributed by atoms with Gasteiger partial charge in [-0.25, -0.2) is 0 Å². The third-order valence-electron chi connectivity index (χ3n) is 2.63. The predicted molar refractivity (Wildman–Crippen MR) is 81.5 cm³/mol. The van der Waals surface area contributed by atoms with Gasteiger partial charge >= 0.3 is 0 Å². The van der Waals surface area contributed by atoms with E-state index in [0.29, 0.717) is 0 Å². The van der Waals surface area contributed by atoms with Crippen molar-refractivity contribution < 1.29 is 0 Å². The Morgan fingerprint density at radius 1 is 0.632 bits per heavy atom. The first-order chi connectivity index (χ1) is 9.25. The number of nitrogens with two attached hydrogens (primary N) is 2. The van der Waals surface area contributed by atoms with Crippen molar-refractivity contribution in [1.82, 2.24) is 4.98 Å². The minimum atomic E-state index is 0.776. The maximum atomic E-state index is 5.70. The zero-order valence-corrected chi connectivity index (χ0v) is 10.6. The first kappa shape index (κ1) is 12.8. The summed E-state index contributed by atoms with van der Waals surface area (Å²) >= 11 is 0. The number of H-pyrrole nitrogens is 1. The lowest BCUT2D eigenvalue weighted by molar-refractivity contribution is 1.42. The van der Waals surface area contributed by atoms with Crippen molar-refractivity contribution in [2.45, 2.75) is 0 Å². The van der Waals surface area contributed by atoms with Gasteiger partial charge in [-0.15, -0.1) is 0 Å². The Morgan fingerprint density at radius 3 is 1.84 bits per heavy atom. The molecule has 3 heteroatoms. The van der Waals surface area contributed by atoms with Crippen LogP contribution in [0.1, 0.15) is 0 Å². The molecule has 3 rings (SSSR count). The summed E-state index contributed by atoms with van der Waals surface area (Å²) in [7, 11) is 0. The predicted octanol–water partition coefficient (Wildman–Crippen LogP) is 3.53. The fourth-order valence-electron chi connectivity index (χ4n) is 1.67. The molecule has 5 N–H and O–H groups in total. The maximum absolute atomic E-state index is 5.70. The van der Waals surface area contributed by atoms with E-state index in [0.717, 1.165) is 22.5 Å². The van der Waals surface area contributed by atoms with E-state index in [2.05, 4.69) is 4.98 Å². The van der Waals surface area contributed by atoms with E-state index >= 15 is 0 Å². The molecule has 0 unspecified atom stereocenters. The Labute approximate surface area is 112 Å². The number of hydrogen-bond acceptors (Lipinski definition) is 2. The average molecular weight is 251 g/mol. The summed E-state index contributed by atoms with van der Waals surface area (Å²) in [5.74, 6) is 0. The molecule has 0 aliphatic heterocycles. The molecule has 96 valence electrons. The molecule has 2 aromatic carbocycles. The molecule has 0 bridgehead atoms. The van der Waals surface area contributed by atoms with Crippen LogP contribution in [0.5, 0.6) is 0 Å². The first-order valence-corrected chi connectivity index (χ1v) is 6.05. The Kier molecular flexibility index (Phi) is 4.24. The van der Waals surface area contributed by atoms with Crippen LogP contribution in [0.25, 0.3) is 11.1 Å². The van der Waals surface area contributed by atoms with Crippen molar-refractivity contribution in [2.24, 2.45) is 0 Å². The van der Waals surface area contributed by atoms with E-state index in [1.165, 1.54) is 0 Å². The lowest BCUT2D eigenvalue weighted by Gasteiger charge is -2.02. The molecule has 0 saturated carbocycles. The molecule has 1 aromatic heterocycles. The van der Waals surface area contributed by atoms with Gasteiger partial charge in [0, 0.05) is 23.8 Å². The van der Waals surface area contributed by atoms with Crippen molar-refractivity contribution in [3.05, 3.63) is 73.1 Å². The molecule has 0 radical (unpaired) electrons.